The number of halogens is 1. The van der Waals surface area contributed by atoms with Crippen LogP contribution in [0.2, 0.25) is 4.34 Å². The molecule has 2 heterocycles. The molecule has 0 aliphatic carbocycles. The van der Waals surface area contributed by atoms with E-state index in [0.29, 0.717) is 0 Å². The van der Waals surface area contributed by atoms with Gasteiger partial charge in [0.1, 0.15) is 0 Å². The summed E-state index contributed by atoms with van der Waals surface area (Å²) < 4.78 is 0.779. The molecule has 1 aromatic rings. The van der Waals surface area contributed by atoms with Crippen LogP contribution in [0.4, 0.5) is 0 Å². The highest BCUT2D eigenvalue weighted by atomic mass is 35.5. The van der Waals surface area contributed by atoms with Gasteiger partial charge >= 0.3 is 0 Å². The molecule has 17 heavy (non-hydrogen) atoms. The van der Waals surface area contributed by atoms with Crippen LogP contribution < -0.4 is 5.32 Å². The average molecular weight is 273 g/mol. The molecule has 0 radical (unpaired) electrons. The van der Waals surface area contributed by atoms with Crippen molar-refractivity contribution in [2.45, 2.75) is 32.4 Å². The first-order valence-corrected chi connectivity index (χ1v) is 7.12. The van der Waals surface area contributed by atoms with Crippen LogP contribution in [0.25, 0.3) is 0 Å². The Labute approximate surface area is 111 Å². The predicted molar refractivity (Wildman–Crippen MR) is 71.5 cm³/mol. The van der Waals surface area contributed by atoms with E-state index in [1.54, 1.807) is 11.3 Å². The van der Waals surface area contributed by atoms with Crippen molar-refractivity contribution >= 4 is 28.8 Å². The van der Waals surface area contributed by atoms with Gasteiger partial charge in [0.25, 0.3) is 0 Å². The smallest absolute Gasteiger partial charge is 0.240 e. The zero-order chi connectivity index (χ0) is 12.4. The van der Waals surface area contributed by atoms with E-state index in [1.807, 2.05) is 24.0 Å². The van der Waals surface area contributed by atoms with Crippen molar-refractivity contribution in [3.8, 4) is 0 Å². The third kappa shape index (κ3) is 2.64. The summed E-state index contributed by atoms with van der Waals surface area (Å²) in [5, 5.41) is 3.22. The molecule has 2 rings (SSSR count). The van der Waals surface area contributed by atoms with Crippen LogP contribution in [0.15, 0.2) is 12.1 Å². The van der Waals surface area contributed by atoms with Crippen LogP contribution in [-0.2, 0) is 4.79 Å². The molecule has 1 N–H and O–H groups in total. The molecule has 1 saturated heterocycles. The standard InChI is InChI=1S/C12H17ClN2OS/c1-3-14-9-6-7-15(12(9)16)8(2)10-4-5-11(13)17-10/h4-5,8-9,14H,3,6-7H2,1-2H3. The van der Waals surface area contributed by atoms with E-state index in [9.17, 15) is 4.79 Å². The summed E-state index contributed by atoms with van der Waals surface area (Å²) in [5.41, 5.74) is 0. The van der Waals surface area contributed by atoms with Gasteiger partial charge in [-0.25, -0.2) is 0 Å². The summed E-state index contributed by atoms with van der Waals surface area (Å²) in [6.45, 7) is 5.75. The predicted octanol–water partition coefficient (Wildman–Crippen LogP) is 2.67. The molecule has 1 amide bonds. The Balaban J connectivity index is 2.06. The zero-order valence-corrected chi connectivity index (χ0v) is 11.6. The van der Waals surface area contributed by atoms with Crippen molar-refractivity contribution in [3.05, 3.63) is 21.3 Å². The highest BCUT2D eigenvalue weighted by Gasteiger charge is 2.34. The number of nitrogens with zero attached hydrogens (tertiary/aromatic N) is 1. The van der Waals surface area contributed by atoms with Gasteiger partial charge in [0.15, 0.2) is 0 Å². The number of rotatable bonds is 4. The van der Waals surface area contributed by atoms with Crippen LogP contribution in [0.1, 0.15) is 31.2 Å². The van der Waals surface area contributed by atoms with Gasteiger partial charge in [-0.05, 0) is 32.0 Å². The monoisotopic (exact) mass is 272 g/mol. The summed E-state index contributed by atoms with van der Waals surface area (Å²) in [5.74, 6) is 0.212. The molecule has 1 aliphatic heterocycles. The number of carbonyl (C=O) groups excluding carboxylic acids is 1. The molecule has 2 unspecified atom stereocenters. The second-order valence-electron chi connectivity index (χ2n) is 4.25. The lowest BCUT2D eigenvalue weighted by Crippen LogP contribution is -2.38. The second-order valence-corrected chi connectivity index (χ2v) is 6.00. The number of amides is 1. The van der Waals surface area contributed by atoms with Gasteiger partial charge in [-0.3, -0.25) is 4.79 Å². The summed E-state index contributed by atoms with van der Waals surface area (Å²) in [6, 6.07) is 4.02. The Bertz CT molecular complexity index is 407. The van der Waals surface area contributed by atoms with Crippen LogP contribution in [0.3, 0.4) is 0 Å². The molecule has 2 atom stereocenters. The van der Waals surface area contributed by atoms with Gasteiger partial charge in [-0.1, -0.05) is 18.5 Å². The van der Waals surface area contributed by atoms with Crippen LogP contribution >= 0.6 is 22.9 Å². The van der Waals surface area contributed by atoms with Gasteiger partial charge < -0.3 is 10.2 Å². The van der Waals surface area contributed by atoms with Crippen LogP contribution in [0, 0.1) is 0 Å². The molecule has 1 aliphatic rings. The number of likely N-dealkylation sites (N-methyl/N-ethyl adjacent to an activating group) is 1. The van der Waals surface area contributed by atoms with Gasteiger partial charge in [0, 0.05) is 11.4 Å². The van der Waals surface area contributed by atoms with Crippen molar-refractivity contribution in [2.75, 3.05) is 13.1 Å². The summed E-state index contributed by atoms with van der Waals surface area (Å²) >= 11 is 7.48. The van der Waals surface area contributed by atoms with Crippen molar-refractivity contribution < 1.29 is 4.79 Å². The minimum atomic E-state index is -0.00196. The molecule has 1 fully saturated rings. The number of nitrogens with one attached hydrogen (secondary N) is 1. The third-order valence-corrected chi connectivity index (χ3v) is 4.57. The summed E-state index contributed by atoms with van der Waals surface area (Å²) in [4.78, 5) is 15.2. The fraction of sp³-hybridized carbons (Fsp3) is 0.583. The Hall–Kier alpha value is -0.580. The van der Waals surface area contributed by atoms with Crippen molar-refractivity contribution in [1.29, 1.82) is 0 Å². The van der Waals surface area contributed by atoms with E-state index < -0.39 is 0 Å². The molecular weight excluding hydrogens is 256 g/mol. The molecule has 0 bridgehead atoms. The molecule has 94 valence electrons. The third-order valence-electron chi connectivity index (χ3n) is 3.16. The Kier molecular flexibility index (Phi) is 4.07. The molecule has 5 heteroatoms. The lowest BCUT2D eigenvalue weighted by atomic mass is 10.2. The van der Waals surface area contributed by atoms with Crippen molar-refractivity contribution in [3.63, 3.8) is 0 Å². The summed E-state index contributed by atoms with van der Waals surface area (Å²) in [6.07, 6.45) is 0.899. The number of carbonyl (C=O) groups is 1. The summed E-state index contributed by atoms with van der Waals surface area (Å²) in [7, 11) is 0. The van der Waals surface area contributed by atoms with E-state index in [2.05, 4.69) is 12.2 Å². The van der Waals surface area contributed by atoms with Gasteiger partial charge in [0.05, 0.1) is 16.4 Å². The first kappa shape index (κ1) is 12.9. The largest absolute Gasteiger partial charge is 0.334 e. The SMILES string of the molecule is CCNC1CCN(C(C)c2ccc(Cl)s2)C1=O. The Morgan fingerprint density at radius 1 is 1.65 bits per heavy atom. The van der Waals surface area contributed by atoms with E-state index in [-0.39, 0.29) is 18.0 Å². The van der Waals surface area contributed by atoms with Gasteiger partial charge in [0.2, 0.25) is 5.91 Å². The van der Waals surface area contributed by atoms with Crippen molar-refractivity contribution in [1.82, 2.24) is 10.2 Å². The number of thiophene rings is 1. The quantitative estimate of drug-likeness (QED) is 0.914. The molecular formula is C12H17ClN2OS. The van der Waals surface area contributed by atoms with E-state index in [0.717, 1.165) is 28.7 Å². The Morgan fingerprint density at radius 3 is 3.00 bits per heavy atom. The van der Waals surface area contributed by atoms with Crippen molar-refractivity contribution in [2.24, 2.45) is 0 Å². The normalized spacial score (nSPS) is 22.2. The maximum Gasteiger partial charge on any atom is 0.240 e. The van der Waals surface area contributed by atoms with E-state index in [4.69, 9.17) is 11.6 Å². The first-order chi connectivity index (χ1) is 8.13. The highest BCUT2D eigenvalue weighted by Crippen LogP contribution is 2.32. The minimum absolute atomic E-state index is 0.00196. The second kappa shape index (κ2) is 5.38. The van der Waals surface area contributed by atoms with E-state index >= 15 is 0 Å². The molecule has 0 saturated carbocycles. The zero-order valence-electron chi connectivity index (χ0n) is 10.1. The first-order valence-electron chi connectivity index (χ1n) is 5.92. The molecule has 3 nitrogen and oxygen atoms in total. The maximum absolute atomic E-state index is 12.2. The Morgan fingerprint density at radius 2 is 2.41 bits per heavy atom. The van der Waals surface area contributed by atoms with Gasteiger partial charge in [-0.2, -0.15) is 0 Å². The van der Waals surface area contributed by atoms with Crippen LogP contribution in [-0.4, -0.2) is 29.9 Å². The number of hydrogen-bond acceptors (Lipinski definition) is 3. The number of likely N-dealkylation sites (tertiary alicyclic amines) is 1. The molecule has 0 aromatic carbocycles. The molecule has 1 aromatic heterocycles. The molecule has 0 spiro atoms. The highest BCUT2D eigenvalue weighted by molar-refractivity contribution is 7.16. The van der Waals surface area contributed by atoms with E-state index in [1.165, 1.54) is 0 Å². The van der Waals surface area contributed by atoms with Crippen LogP contribution in [0.5, 0.6) is 0 Å². The fourth-order valence-corrected chi connectivity index (χ4v) is 3.35. The lowest BCUT2D eigenvalue weighted by Gasteiger charge is -2.23. The lowest BCUT2D eigenvalue weighted by molar-refractivity contribution is -0.131. The van der Waals surface area contributed by atoms with Gasteiger partial charge in [-0.15, -0.1) is 11.3 Å². The average Bonchev–Trinajstić information content (AvgIpc) is 2.87. The minimum Gasteiger partial charge on any atom is -0.334 e. The fourth-order valence-electron chi connectivity index (χ4n) is 2.23. The topological polar surface area (TPSA) is 32.3 Å². The number of hydrogen-bond donors (Lipinski definition) is 1. The maximum atomic E-state index is 12.2.